The van der Waals surface area contributed by atoms with E-state index < -0.39 is 0 Å². The highest BCUT2D eigenvalue weighted by molar-refractivity contribution is 5.40. The molecule has 2 aliphatic rings. The van der Waals surface area contributed by atoms with Gasteiger partial charge in [0.05, 0.1) is 12.4 Å². The molecule has 6 heteroatoms. The number of imidazole rings is 1. The van der Waals surface area contributed by atoms with Gasteiger partial charge in [-0.1, -0.05) is 6.07 Å². The molecule has 0 atom stereocenters. The lowest BCUT2D eigenvalue weighted by Crippen LogP contribution is -2.48. The van der Waals surface area contributed by atoms with Crippen molar-refractivity contribution in [3.63, 3.8) is 0 Å². The van der Waals surface area contributed by atoms with E-state index in [0.717, 1.165) is 51.4 Å². The second-order valence-electron chi connectivity index (χ2n) is 7.25. The van der Waals surface area contributed by atoms with Crippen LogP contribution in [-0.2, 0) is 6.54 Å². The average molecular weight is 341 g/mol. The van der Waals surface area contributed by atoms with E-state index in [9.17, 15) is 5.11 Å². The molecule has 2 aromatic heterocycles. The molecule has 4 rings (SSSR count). The number of pyridine rings is 1. The van der Waals surface area contributed by atoms with Crippen LogP contribution in [0.1, 0.15) is 31.2 Å². The summed E-state index contributed by atoms with van der Waals surface area (Å²) < 4.78 is 2.05. The van der Waals surface area contributed by atoms with Crippen molar-refractivity contribution >= 4 is 5.82 Å². The Morgan fingerprint density at radius 1 is 1.04 bits per heavy atom. The lowest BCUT2D eigenvalue weighted by molar-refractivity contribution is 0.0542. The Morgan fingerprint density at radius 3 is 2.48 bits per heavy atom. The first-order valence-electron chi connectivity index (χ1n) is 9.35. The van der Waals surface area contributed by atoms with Gasteiger partial charge in [-0.15, -0.1) is 0 Å². The summed E-state index contributed by atoms with van der Waals surface area (Å²) in [6.07, 6.45) is 11.7. The van der Waals surface area contributed by atoms with Crippen LogP contribution in [-0.4, -0.2) is 62.9 Å². The largest absolute Gasteiger partial charge is 0.393 e. The highest BCUT2D eigenvalue weighted by Gasteiger charge is 2.27. The van der Waals surface area contributed by atoms with E-state index in [-0.39, 0.29) is 6.10 Å². The molecule has 0 saturated carbocycles. The van der Waals surface area contributed by atoms with E-state index in [4.69, 9.17) is 0 Å². The van der Waals surface area contributed by atoms with Crippen LogP contribution < -0.4 is 4.90 Å². The van der Waals surface area contributed by atoms with Crippen LogP contribution in [0.2, 0.25) is 0 Å². The third-order valence-electron chi connectivity index (χ3n) is 5.54. The fourth-order valence-electron chi connectivity index (χ4n) is 4.00. The van der Waals surface area contributed by atoms with Crippen molar-refractivity contribution in [3.8, 4) is 0 Å². The third-order valence-corrected chi connectivity index (χ3v) is 5.54. The van der Waals surface area contributed by atoms with Gasteiger partial charge in [0, 0.05) is 57.4 Å². The minimum atomic E-state index is -0.0821. The van der Waals surface area contributed by atoms with E-state index in [1.807, 2.05) is 18.7 Å². The highest BCUT2D eigenvalue weighted by Crippen LogP contribution is 2.24. The Bertz CT molecular complexity index is 641. The van der Waals surface area contributed by atoms with Crippen molar-refractivity contribution in [2.45, 2.75) is 44.4 Å². The molecule has 0 aromatic carbocycles. The first-order chi connectivity index (χ1) is 12.3. The summed E-state index contributed by atoms with van der Waals surface area (Å²) in [6.45, 7) is 5.05. The van der Waals surface area contributed by atoms with Gasteiger partial charge in [0.15, 0.2) is 0 Å². The quantitative estimate of drug-likeness (QED) is 0.918. The molecule has 2 aromatic rings. The standard InChI is InChI=1S/C19H27N5O/c25-18-5-10-23(11-6-18)17-3-8-24(9-4-17)19-2-1-16(13-21-19)14-22-12-7-20-15-22/h1-2,7,12-13,15,17-18,25H,3-6,8-11,14H2. The molecule has 2 aliphatic heterocycles. The Balaban J connectivity index is 1.30. The number of rotatable bonds is 4. The maximum atomic E-state index is 9.67. The summed E-state index contributed by atoms with van der Waals surface area (Å²) in [7, 11) is 0. The monoisotopic (exact) mass is 341 g/mol. The van der Waals surface area contributed by atoms with E-state index in [1.54, 1.807) is 6.20 Å². The predicted octanol–water partition coefficient (Wildman–Crippen LogP) is 1.75. The fraction of sp³-hybridized carbons (Fsp3) is 0.579. The molecule has 2 saturated heterocycles. The number of hydrogen-bond acceptors (Lipinski definition) is 5. The summed E-state index contributed by atoms with van der Waals surface area (Å²) in [5.41, 5.74) is 1.20. The molecule has 0 unspecified atom stereocenters. The first-order valence-corrected chi connectivity index (χ1v) is 9.35. The number of nitrogens with zero attached hydrogens (tertiary/aromatic N) is 5. The minimum absolute atomic E-state index is 0.0821. The zero-order valence-corrected chi connectivity index (χ0v) is 14.7. The van der Waals surface area contributed by atoms with Crippen molar-refractivity contribution in [2.24, 2.45) is 0 Å². The molecular weight excluding hydrogens is 314 g/mol. The van der Waals surface area contributed by atoms with Gasteiger partial charge in [0.1, 0.15) is 5.82 Å². The number of piperidine rings is 2. The molecule has 0 amide bonds. The van der Waals surface area contributed by atoms with Crippen molar-refractivity contribution in [3.05, 3.63) is 42.6 Å². The topological polar surface area (TPSA) is 57.4 Å². The number of aliphatic hydroxyl groups is 1. The first kappa shape index (κ1) is 16.5. The lowest BCUT2D eigenvalue weighted by atomic mass is 9.99. The second-order valence-corrected chi connectivity index (χ2v) is 7.25. The SMILES string of the molecule is OC1CCN(C2CCN(c3ccc(Cn4ccnc4)cn3)CC2)CC1. The van der Waals surface area contributed by atoms with Gasteiger partial charge in [-0.25, -0.2) is 9.97 Å². The van der Waals surface area contributed by atoms with Crippen LogP contribution in [0.5, 0.6) is 0 Å². The fourth-order valence-corrected chi connectivity index (χ4v) is 4.00. The summed E-state index contributed by atoms with van der Waals surface area (Å²) in [6, 6.07) is 4.98. The summed E-state index contributed by atoms with van der Waals surface area (Å²) in [4.78, 5) is 13.7. The molecular formula is C19H27N5O. The van der Waals surface area contributed by atoms with Gasteiger partial charge in [0.25, 0.3) is 0 Å². The number of aliphatic hydroxyl groups excluding tert-OH is 1. The molecule has 4 heterocycles. The Hall–Kier alpha value is -1.92. The maximum Gasteiger partial charge on any atom is 0.128 e. The van der Waals surface area contributed by atoms with E-state index in [2.05, 4.69) is 36.5 Å². The average Bonchev–Trinajstić information content (AvgIpc) is 3.16. The Kier molecular flexibility index (Phi) is 4.99. The number of aromatic nitrogens is 3. The minimum Gasteiger partial charge on any atom is -0.393 e. The summed E-state index contributed by atoms with van der Waals surface area (Å²) >= 11 is 0. The van der Waals surface area contributed by atoms with Crippen LogP contribution in [0, 0.1) is 0 Å². The van der Waals surface area contributed by atoms with E-state index in [0.29, 0.717) is 6.04 Å². The molecule has 6 nitrogen and oxygen atoms in total. The summed E-state index contributed by atoms with van der Waals surface area (Å²) in [5, 5.41) is 9.67. The van der Waals surface area contributed by atoms with Crippen LogP contribution in [0.4, 0.5) is 5.82 Å². The van der Waals surface area contributed by atoms with Crippen molar-refractivity contribution < 1.29 is 5.11 Å². The van der Waals surface area contributed by atoms with Crippen LogP contribution in [0.3, 0.4) is 0 Å². The molecule has 0 radical (unpaired) electrons. The smallest absolute Gasteiger partial charge is 0.128 e. The Morgan fingerprint density at radius 2 is 1.84 bits per heavy atom. The molecule has 0 aliphatic carbocycles. The van der Waals surface area contributed by atoms with Gasteiger partial charge in [0.2, 0.25) is 0 Å². The van der Waals surface area contributed by atoms with Gasteiger partial charge in [-0.05, 0) is 37.3 Å². The molecule has 0 bridgehead atoms. The van der Waals surface area contributed by atoms with Gasteiger partial charge >= 0.3 is 0 Å². The van der Waals surface area contributed by atoms with Crippen molar-refractivity contribution in [1.29, 1.82) is 0 Å². The van der Waals surface area contributed by atoms with Gasteiger partial charge in [-0.2, -0.15) is 0 Å². The van der Waals surface area contributed by atoms with Crippen LogP contribution >= 0.6 is 0 Å². The third kappa shape index (κ3) is 4.02. The predicted molar refractivity (Wildman–Crippen MR) is 97.6 cm³/mol. The molecule has 25 heavy (non-hydrogen) atoms. The highest BCUT2D eigenvalue weighted by atomic mass is 16.3. The summed E-state index contributed by atoms with van der Waals surface area (Å²) in [5.74, 6) is 1.09. The number of anilines is 1. The Labute approximate surface area is 149 Å². The molecule has 2 fully saturated rings. The number of hydrogen-bond donors (Lipinski definition) is 1. The molecule has 134 valence electrons. The van der Waals surface area contributed by atoms with Gasteiger partial charge < -0.3 is 19.5 Å². The van der Waals surface area contributed by atoms with Crippen molar-refractivity contribution in [1.82, 2.24) is 19.4 Å². The normalized spacial score (nSPS) is 20.9. The zero-order valence-electron chi connectivity index (χ0n) is 14.7. The second kappa shape index (κ2) is 7.54. The molecule has 0 spiro atoms. The number of likely N-dealkylation sites (tertiary alicyclic amines) is 1. The van der Waals surface area contributed by atoms with Crippen LogP contribution in [0.25, 0.3) is 0 Å². The van der Waals surface area contributed by atoms with Crippen molar-refractivity contribution in [2.75, 3.05) is 31.1 Å². The molecule has 1 N–H and O–H groups in total. The zero-order chi connectivity index (χ0) is 17.1. The van der Waals surface area contributed by atoms with E-state index >= 15 is 0 Å². The maximum absolute atomic E-state index is 9.67. The lowest BCUT2D eigenvalue weighted by Gasteiger charge is -2.41. The van der Waals surface area contributed by atoms with Crippen LogP contribution in [0.15, 0.2) is 37.1 Å². The van der Waals surface area contributed by atoms with Gasteiger partial charge in [-0.3, -0.25) is 0 Å². The van der Waals surface area contributed by atoms with E-state index in [1.165, 1.54) is 18.4 Å².